The van der Waals surface area contributed by atoms with Crippen LogP contribution in [0.4, 0.5) is 0 Å². The minimum Gasteiger partial charge on any atom is -0.354 e. The van der Waals surface area contributed by atoms with Crippen LogP contribution in [0.1, 0.15) is 19.7 Å². The number of aromatic nitrogens is 2. The van der Waals surface area contributed by atoms with Crippen LogP contribution in [-0.2, 0) is 17.2 Å². The third kappa shape index (κ3) is 3.44. The zero-order chi connectivity index (χ0) is 14.7. The fraction of sp³-hybridized carbons (Fsp3) is 0.429. The van der Waals surface area contributed by atoms with E-state index in [0.29, 0.717) is 23.3 Å². The van der Waals surface area contributed by atoms with Crippen LogP contribution in [-0.4, -0.2) is 22.0 Å². The predicted molar refractivity (Wildman–Crippen MR) is 82.1 cm³/mol. The molecule has 6 heteroatoms. The molecular formula is C14H17Cl2N3O. The van der Waals surface area contributed by atoms with Gasteiger partial charge < -0.3 is 9.88 Å². The van der Waals surface area contributed by atoms with Crippen LogP contribution in [0.15, 0.2) is 18.2 Å². The maximum Gasteiger partial charge on any atom is 0.240 e. The molecule has 0 spiro atoms. The summed E-state index contributed by atoms with van der Waals surface area (Å²) in [6.07, 6.45) is 0. The van der Waals surface area contributed by atoms with Gasteiger partial charge in [0.25, 0.3) is 0 Å². The van der Waals surface area contributed by atoms with E-state index in [-0.39, 0.29) is 18.3 Å². The molecule has 0 fully saturated rings. The van der Waals surface area contributed by atoms with Crippen molar-refractivity contribution in [3.05, 3.63) is 29.0 Å². The first-order valence-electron chi connectivity index (χ1n) is 6.48. The number of carbonyl (C=O) groups excluding carboxylic acids is 1. The maximum atomic E-state index is 12.0. The number of hydrogen-bond acceptors (Lipinski definition) is 2. The fourth-order valence-electron chi connectivity index (χ4n) is 1.95. The van der Waals surface area contributed by atoms with Crippen LogP contribution >= 0.6 is 23.2 Å². The molecule has 2 rings (SSSR count). The molecule has 0 bridgehead atoms. The normalized spacial score (nSPS) is 11.2. The van der Waals surface area contributed by atoms with Crippen LogP contribution < -0.4 is 5.32 Å². The molecular weight excluding hydrogens is 297 g/mol. The molecule has 1 N–H and O–H groups in total. The molecule has 0 radical (unpaired) electrons. The highest BCUT2D eigenvalue weighted by atomic mass is 35.5. The molecule has 20 heavy (non-hydrogen) atoms. The lowest BCUT2D eigenvalue weighted by molar-refractivity contribution is -0.121. The summed E-state index contributed by atoms with van der Waals surface area (Å²) in [5, 5.41) is 3.51. The first-order valence-corrected chi connectivity index (χ1v) is 7.40. The van der Waals surface area contributed by atoms with Gasteiger partial charge in [-0.25, -0.2) is 4.98 Å². The summed E-state index contributed by atoms with van der Waals surface area (Å²) < 4.78 is 1.83. The Morgan fingerprint density at radius 3 is 2.85 bits per heavy atom. The standard InChI is InChI=1S/C14H17Cl2N3O/c1-9(2)7-17-14(20)8-19-12-4-3-10(16)5-11(12)18-13(19)6-15/h3-5,9H,6-8H2,1-2H3,(H,17,20). The lowest BCUT2D eigenvalue weighted by Crippen LogP contribution is -2.31. The molecule has 0 saturated carbocycles. The number of amides is 1. The predicted octanol–water partition coefficient (Wildman–Crippen LogP) is 3.20. The number of fused-ring (bicyclic) bond motifs is 1. The Morgan fingerprint density at radius 2 is 2.20 bits per heavy atom. The number of rotatable bonds is 5. The highest BCUT2D eigenvalue weighted by Crippen LogP contribution is 2.21. The van der Waals surface area contributed by atoms with Gasteiger partial charge in [-0.2, -0.15) is 0 Å². The molecule has 0 saturated heterocycles. The number of nitrogens with zero attached hydrogens (tertiary/aromatic N) is 2. The second-order valence-electron chi connectivity index (χ2n) is 5.08. The minimum absolute atomic E-state index is 0.0423. The maximum absolute atomic E-state index is 12.0. The van der Waals surface area contributed by atoms with Crippen LogP contribution in [0.25, 0.3) is 11.0 Å². The van der Waals surface area contributed by atoms with Crippen LogP contribution in [0, 0.1) is 5.92 Å². The highest BCUT2D eigenvalue weighted by molar-refractivity contribution is 6.31. The molecule has 1 amide bonds. The molecule has 0 aliphatic heterocycles. The Kier molecular flexibility index (Phi) is 4.89. The van der Waals surface area contributed by atoms with E-state index in [1.165, 1.54) is 0 Å². The average molecular weight is 314 g/mol. The first-order chi connectivity index (χ1) is 9.51. The topological polar surface area (TPSA) is 46.9 Å². The van der Waals surface area contributed by atoms with Gasteiger partial charge in [0.2, 0.25) is 5.91 Å². The van der Waals surface area contributed by atoms with Gasteiger partial charge in [0.15, 0.2) is 0 Å². The lowest BCUT2D eigenvalue weighted by atomic mass is 10.2. The van der Waals surface area contributed by atoms with Gasteiger partial charge in [-0.05, 0) is 24.1 Å². The van der Waals surface area contributed by atoms with E-state index in [1.54, 1.807) is 12.1 Å². The molecule has 4 nitrogen and oxygen atoms in total. The summed E-state index contributed by atoms with van der Waals surface area (Å²) in [6.45, 7) is 4.98. The van der Waals surface area contributed by atoms with Crippen LogP contribution in [0.3, 0.4) is 0 Å². The van der Waals surface area contributed by atoms with E-state index in [0.717, 1.165) is 11.0 Å². The highest BCUT2D eigenvalue weighted by Gasteiger charge is 2.13. The fourth-order valence-corrected chi connectivity index (χ4v) is 2.32. The van der Waals surface area contributed by atoms with Gasteiger partial charge in [-0.1, -0.05) is 25.4 Å². The summed E-state index contributed by atoms with van der Waals surface area (Å²) in [7, 11) is 0. The van der Waals surface area contributed by atoms with Crippen molar-refractivity contribution >= 4 is 40.1 Å². The molecule has 0 atom stereocenters. The molecule has 0 unspecified atom stereocenters. The van der Waals surface area contributed by atoms with E-state index >= 15 is 0 Å². The van der Waals surface area contributed by atoms with Crippen molar-refractivity contribution < 1.29 is 4.79 Å². The van der Waals surface area contributed by atoms with Crippen molar-refractivity contribution in [2.24, 2.45) is 5.92 Å². The van der Waals surface area contributed by atoms with Crippen molar-refractivity contribution in [2.45, 2.75) is 26.3 Å². The average Bonchev–Trinajstić information content (AvgIpc) is 2.73. The van der Waals surface area contributed by atoms with Gasteiger partial charge in [0.05, 0.1) is 16.9 Å². The number of alkyl halides is 1. The number of halogens is 2. The summed E-state index contributed by atoms with van der Waals surface area (Å²) in [5.74, 6) is 1.30. The van der Waals surface area contributed by atoms with E-state index in [1.807, 2.05) is 10.6 Å². The van der Waals surface area contributed by atoms with Crippen LogP contribution in [0.5, 0.6) is 0 Å². The SMILES string of the molecule is CC(C)CNC(=O)Cn1c(CCl)nc2cc(Cl)ccc21. The second kappa shape index (κ2) is 6.46. The van der Waals surface area contributed by atoms with Crippen LogP contribution in [0.2, 0.25) is 5.02 Å². The monoisotopic (exact) mass is 313 g/mol. The van der Waals surface area contributed by atoms with Gasteiger partial charge in [0, 0.05) is 11.6 Å². The third-order valence-electron chi connectivity index (χ3n) is 2.92. The van der Waals surface area contributed by atoms with Crippen molar-refractivity contribution in [1.82, 2.24) is 14.9 Å². The van der Waals surface area contributed by atoms with Gasteiger partial charge in [-0.15, -0.1) is 11.6 Å². The quantitative estimate of drug-likeness (QED) is 0.862. The molecule has 108 valence electrons. The summed E-state index contributed by atoms with van der Waals surface area (Å²) in [5.41, 5.74) is 1.62. The summed E-state index contributed by atoms with van der Waals surface area (Å²) >= 11 is 11.9. The minimum atomic E-state index is -0.0423. The third-order valence-corrected chi connectivity index (χ3v) is 3.39. The largest absolute Gasteiger partial charge is 0.354 e. The number of benzene rings is 1. The lowest BCUT2D eigenvalue weighted by Gasteiger charge is -2.10. The smallest absolute Gasteiger partial charge is 0.240 e. The second-order valence-corrected chi connectivity index (χ2v) is 5.78. The van der Waals surface area contributed by atoms with E-state index in [4.69, 9.17) is 23.2 Å². The number of hydrogen-bond donors (Lipinski definition) is 1. The number of nitrogens with one attached hydrogen (secondary N) is 1. The number of imidazole rings is 1. The Labute approximate surface area is 128 Å². The van der Waals surface area contributed by atoms with Crippen molar-refractivity contribution in [1.29, 1.82) is 0 Å². The Morgan fingerprint density at radius 1 is 1.45 bits per heavy atom. The zero-order valence-corrected chi connectivity index (χ0v) is 13.0. The Balaban J connectivity index is 2.26. The van der Waals surface area contributed by atoms with Gasteiger partial charge >= 0.3 is 0 Å². The molecule has 1 aromatic carbocycles. The number of carbonyl (C=O) groups is 1. The van der Waals surface area contributed by atoms with E-state index in [9.17, 15) is 4.79 Å². The van der Waals surface area contributed by atoms with E-state index < -0.39 is 0 Å². The Hall–Kier alpha value is -1.26. The van der Waals surface area contributed by atoms with E-state index in [2.05, 4.69) is 24.1 Å². The van der Waals surface area contributed by atoms with Crippen molar-refractivity contribution in [2.75, 3.05) is 6.54 Å². The van der Waals surface area contributed by atoms with Gasteiger partial charge in [0.1, 0.15) is 12.4 Å². The molecule has 2 aromatic rings. The summed E-state index contributed by atoms with van der Waals surface area (Å²) in [4.78, 5) is 16.4. The zero-order valence-electron chi connectivity index (χ0n) is 11.5. The molecule has 1 heterocycles. The molecule has 1 aromatic heterocycles. The first kappa shape index (κ1) is 15.1. The molecule has 0 aliphatic rings. The van der Waals surface area contributed by atoms with Gasteiger partial charge in [-0.3, -0.25) is 4.79 Å². The summed E-state index contributed by atoms with van der Waals surface area (Å²) in [6, 6.07) is 5.41. The van der Waals surface area contributed by atoms with Crippen molar-refractivity contribution in [3.8, 4) is 0 Å². The molecule has 0 aliphatic carbocycles. The Bertz CT molecular complexity index is 622. The van der Waals surface area contributed by atoms with Crippen molar-refractivity contribution in [3.63, 3.8) is 0 Å².